The van der Waals surface area contributed by atoms with E-state index < -0.39 is 6.23 Å². The van der Waals surface area contributed by atoms with E-state index >= 15 is 0 Å². The number of hydrogen-bond acceptors (Lipinski definition) is 9. The van der Waals surface area contributed by atoms with Crippen LogP contribution < -0.4 is 9.80 Å². The third kappa shape index (κ3) is 4.08. The van der Waals surface area contributed by atoms with Crippen molar-refractivity contribution in [2.75, 3.05) is 62.8 Å². The van der Waals surface area contributed by atoms with Gasteiger partial charge < -0.3 is 19.6 Å². The first-order valence-electron chi connectivity index (χ1n) is 12.5. The van der Waals surface area contributed by atoms with E-state index in [1.54, 1.807) is 6.20 Å². The fraction of sp³-hybridized carbons (Fsp3) is 0.440. The van der Waals surface area contributed by atoms with E-state index in [1.807, 2.05) is 47.1 Å². The summed E-state index contributed by atoms with van der Waals surface area (Å²) < 4.78 is 9.58. The molecule has 2 aliphatic rings. The number of aryl methyl sites for hydroxylation is 1. The van der Waals surface area contributed by atoms with Crippen LogP contribution in [0.3, 0.4) is 0 Å². The molecule has 0 spiro atoms. The van der Waals surface area contributed by atoms with Crippen LogP contribution in [-0.2, 0) is 11.3 Å². The zero-order valence-electron chi connectivity index (χ0n) is 20.7. The van der Waals surface area contributed by atoms with Crippen molar-refractivity contribution in [3.63, 3.8) is 0 Å². The minimum absolute atomic E-state index is 0.499. The number of hydrogen-bond donors (Lipinski definition) is 1. The molecule has 2 fully saturated rings. The molecule has 4 aromatic rings. The van der Waals surface area contributed by atoms with Gasteiger partial charge in [0.2, 0.25) is 5.95 Å². The summed E-state index contributed by atoms with van der Waals surface area (Å²) in [5.74, 6) is 2.30. The molecule has 1 N–H and O–H groups in total. The summed E-state index contributed by atoms with van der Waals surface area (Å²) in [6, 6.07) is 10.0. The second kappa shape index (κ2) is 9.49. The largest absolute Gasteiger partial charge is 0.378 e. The molecule has 11 nitrogen and oxygen atoms in total. The van der Waals surface area contributed by atoms with Crippen LogP contribution in [0.5, 0.6) is 0 Å². The van der Waals surface area contributed by atoms with Gasteiger partial charge in [-0.15, -0.1) is 0 Å². The fourth-order valence-corrected chi connectivity index (χ4v) is 4.88. The van der Waals surface area contributed by atoms with E-state index in [-0.39, 0.29) is 0 Å². The van der Waals surface area contributed by atoms with Crippen LogP contribution in [0.2, 0.25) is 0 Å². The number of likely N-dealkylation sites (N-methyl/N-ethyl adjacent to an activating group) is 1. The molecule has 1 aromatic carbocycles. The molecule has 0 saturated carbocycles. The van der Waals surface area contributed by atoms with Gasteiger partial charge in [0.05, 0.1) is 25.4 Å². The maximum absolute atomic E-state index is 10.5. The number of β-amino-alcohol motifs (C(OH)–C–C–N with tert-alkyl or cyclic N) is 1. The standard InChI is InChI=1S/C25H31N9O2/c1-3-33-24-21(27-25(33)32-11-10-30(2)20(35)17-32)23(31-12-14-36-15-13-31)28-22(29-24)18-6-4-7-19(16-18)34-9-5-8-26-34/h4-9,16,20,35H,3,10-15,17H2,1-2H3. The lowest BCUT2D eigenvalue weighted by atomic mass is 10.2. The molecular formula is C25H31N9O2. The Hall–Kier alpha value is -3.54. The average molecular weight is 490 g/mol. The monoisotopic (exact) mass is 489 g/mol. The van der Waals surface area contributed by atoms with Crippen molar-refractivity contribution in [2.45, 2.75) is 19.7 Å². The Morgan fingerprint density at radius 2 is 1.89 bits per heavy atom. The number of nitrogens with zero attached hydrogens (tertiary/aromatic N) is 9. The molecule has 3 aromatic heterocycles. The average Bonchev–Trinajstić information content (AvgIpc) is 3.59. The van der Waals surface area contributed by atoms with Crippen LogP contribution in [-0.4, -0.2) is 98.5 Å². The van der Waals surface area contributed by atoms with Crippen molar-refractivity contribution in [3.05, 3.63) is 42.7 Å². The highest BCUT2D eigenvalue weighted by molar-refractivity contribution is 5.88. The number of piperazine rings is 1. The van der Waals surface area contributed by atoms with Gasteiger partial charge in [-0.1, -0.05) is 12.1 Å². The van der Waals surface area contributed by atoms with Gasteiger partial charge in [0.25, 0.3) is 0 Å². The molecule has 2 aliphatic heterocycles. The second-order valence-corrected chi connectivity index (χ2v) is 9.21. The summed E-state index contributed by atoms with van der Waals surface area (Å²) in [4.78, 5) is 21.5. The van der Waals surface area contributed by atoms with E-state index in [0.29, 0.717) is 32.1 Å². The molecule has 0 bridgehead atoms. The third-order valence-electron chi connectivity index (χ3n) is 6.95. The number of benzene rings is 1. The zero-order valence-corrected chi connectivity index (χ0v) is 20.7. The van der Waals surface area contributed by atoms with Crippen molar-refractivity contribution in [1.82, 2.24) is 34.2 Å². The normalized spacial score (nSPS) is 19.4. The van der Waals surface area contributed by atoms with E-state index in [9.17, 15) is 5.11 Å². The van der Waals surface area contributed by atoms with Gasteiger partial charge in [-0.05, 0) is 32.2 Å². The summed E-state index contributed by atoms with van der Waals surface area (Å²) >= 11 is 0. The number of aliphatic hydroxyl groups is 1. The molecule has 11 heteroatoms. The number of ether oxygens (including phenoxy) is 1. The Kier molecular flexibility index (Phi) is 6.04. The predicted octanol–water partition coefficient (Wildman–Crippen LogP) is 1.61. The number of morpholine rings is 1. The Bertz CT molecular complexity index is 1350. The van der Waals surface area contributed by atoms with Crippen LogP contribution in [0.15, 0.2) is 42.7 Å². The Labute approximate surface area is 209 Å². The van der Waals surface area contributed by atoms with Crippen LogP contribution in [0, 0.1) is 0 Å². The summed E-state index contributed by atoms with van der Waals surface area (Å²) in [6.07, 6.45) is 3.16. The SMILES string of the molecule is CCn1c(N2CCN(C)C(O)C2)nc2c(N3CCOCC3)nc(-c3cccc(-n4cccn4)c3)nc21. The quantitative estimate of drug-likeness (QED) is 0.448. The molecule has 36 heavy (non-hydrogen) atoms. The number of anilines is 2. The number of rotatable bonds is 5. The van der Waals surface area contributed by atoms with E-state index in [2.05, 4.69) is 32.5 Å². The summed E-state index contributed by atoms with van der Waals surface area (Å²) in [6.45, 7) is 7.67. The van der Waals surface area contributed by atoms with Gasteiger partial charge in [-0.25, -0.2) is 19.6 Å². The molecule has 0 amide bonds. The summed E-state index contributed by atoms with van der Waals surface area (Å²) in [5, 5.41) is 14.9. The smallest absolute Gasteiger partial charge is 0.208 e. The first-order valence-corrected chi connectivity index (χ1v) is 12.5. The topological polar surface area (TPSA) is 101 Å². The Morgan fingerprint density at radius 3 is 2.64 bits per heavy atom. The maximum atomic E-state index is 10.5. The van der Waals surface area contributed by atoms with Crippen LogP contribution in [0.25, 0.3) is 28.2 Å². The van der Waals surface area contributed by atoms with Crippen molar-refractivity contribution in [3.8, 4) is 17.1 Å². The van der Waals surface area contributed by atoms with Gasteiger partial charge in [0.15, 0.2) is 22.8 Å². The summed E-state index contributed by atoms with van der Waals surface area (Å²) in [5.41, 5.74) is 3.45. The Balaban J connectivity index is 1.50. The first-order chi connectivity index (χ1) is 17.6. The lowest BCUT2D eigenvalue weighted by Crippen LogP contribution is -2.52. The Morgan fingerprint density at radius 1 is 1.03 bits per heavy atom. The van der Waals surface area contributed by atoms with Crippen molar-refractivity contribution in [1.29, 1.82) is 0 Å². The molecule has 6 rings (SSSR count). The van der Waals surface area contributed by atoms with E-state index in [0.717, 1.165) is 60.4 Å². The van der Waals surface area contributed by atoms with Gasteiger partial charge in [0, 0.05) is 50.7 Å². The highest BCUT2D eigenvalue weighted by Crippen LogP contribution is 2.32. The van der Waals surface area contributed by atoms with Crippen molar-refractivity contribution >= 4 is 22.9 Å². The third-order valence-corrected chi connectivity index (χ3v) is 6.95. The molecule has 0 radical (unpaired) electrons. The number of aromatic nitrogens is 6. The first kappa shape index (κ1) is 22.9. The van der Waals surface area contributed by atoms with Crippen LogP contribution in [0.1, 0.15) is 6.92 Å². The lowest BCUT2D eigenvalue weighted by Gasteiger charge is -2.37. The molecule has 188 valence electrons. The van der Waals surface area contributed by atoms with Crippen LogP contribution in [0.4, 0.5) is 11.8 Å². The molecule has 5 heterocycles. The highest BCUT2D eigenvalue weighted by atomic mass is 16.5. The van der Waals surface area contributed by atoms with E-state index in [4.69, 9.17) is 19.7 Å². The molecule has 1 unspecified atom stereocenters. The molecule has 1 atom stereocenters. The summed E-state index contributed by atoms with van der Waals surface area (Å²) in [7, 11) is 1.94. The van der Waals surface area contributed by atoms with Gasteiger partial charge >= 0.3 is 0 Å². The van der Waals surface area contributed by atoms with Crippen molar-refractivity contribution < 1.29 is 9.84 Å². The maximum Gasteiger partial charge on any atom is 0.208 e. The molecule has 0 aliphatic carbocycles. The predicted molar refractivity (Wildman–Crippen MR) is 137 cm³/mol. The lowest BCUT2D eigenvalue weighted by molar-refractivity contribution is 0.0147. The van der Waals surface area contributed by atoms with Gasteiger partial charge in [-0.3, -0.25) is 9.47 Å². The second-order valence-electron chi connectivity index (χ2n) is 9.21. The fourth-order valence-electron chi connectivity index (χ4n) is 4.88. The van der Waals surface area contributed by atoms with Gasteiger partial charge in [0.1, 0.15) is 6.23 Å². The minimum Gasteiger partial charge on any atom is -0.378 e. The zero-order chi connectivity index (χ0) is 24.6. The molecular weight excluding hydrogens is 458 g/mol. The van der Waals surface area contributed by atoms with Gasteiger partial charge in [-0.2, -0.15) is 5.10 Å². The number of aliphatic hydroxyl groups excluding tert-OH is 1. The van der Waals surface area contributed by atoms with Crippen LogP contribution >= 0.6 is 0 Å². The number of imidazole rings is 1. The van der Waals surface area contributed by atoms with E-state index in [1.165, 1.54) is 0 Å². The minimum atomic E-state index is -0.533. The molecule has 2 saturated heterocycles. The highest BCUT2D eigenvalue weighted by Gasteiger charge is 2.29. The number of fused-ring (bicyclic) bond motifs is 1. The van der Waals surface area contributed by atoms with Crippen molar-refractivity contribution in [2.24, 2.45) is 0 Å².